The molecule has 0 bridgehead atoms. The van der Waals surface area contributed by atoms with Crippen molar-refractivity contribution in [1.29, 1.82) is 0 Å². The molecular weight excluding hydrogens is 196 g/mol. The van der Waals surface area contributed by atoms with Crippen LogP contribution in [0.25, 0.3) is 6.08 Å². The van der Waals surface area contributed by atoms with Crippen molar-refractivity contribution < 1.29 is 4.79 Å². The van der Waals surface area contributed by atoms with Gasteiger partial charge < -0.3 is 0 Å². The Kier molecular flexibility index (Phi) is 3.55. The number of aryl methyl sites for hydroxylation is 1. The maximum Gasteiger partial charge on any atom is 0.186 e. The first-order valence-electron chi connectivity index (χ1n) is 6.16. The highest BCUT2D eigenvalue weighted by molar-refractivity contribution is 6.13. The van der Waals surface area contributed by atoms with Crippen LogP contribution in [-0.2, 0) is 6.42 Å². The van der Waals surface area contributed by atoms with E-state index in [1.54, 1.807) is 6.08 Å². The van der Waals surface area contributed by atoms with Crippen LogP contribution in [0.3, 0.4) is 0 Å². The first kappa shape index (κ1) is 11.1. The molecule has 0 heterocycles. The first-order valence-corrected chi connectivity index (χ1v) is 6.16. The van der Waals surface area contributed by atoms with Gasteiger partial charge in [-0.05, 0) is 36.1 Å². The van der Waals surface area contributed by atoms with Gasteiger partial charge in [-0.3, -0.25) is 4.79 Å². The van der Waals surface area contributed by atoms with Crippen molar-refractivity contribution >= 4 is 11.9 Å². The number of allylic oxidation sites excluding steroid dienone is 1. The van der Waals surface area contributed by atoms with E-state index >= 15 is 0 Å². The molecule has 0 unspecified atom stereocenters. The van der Waals surface area contributed by atoms with E-state index in [-0.39, 0.29) is 5.78 Å². The quantitative estimate of drug-likeness (QED) is 0.676. The van der Waals surface area contributed by atoms with Crippen LogP contribution >= 0.6 is 0 Å². The number of ketones is 1. The average Bonchev–Trinajstić information content (AvgIpc) is 2.67. The Morgan fingerprint density at radius 3 is 2.75 bits per heavy atom. The van der Waals surface area contributed by atoms with Crippen molar-refractivity contribution in [1.82, 2.24) is 0 Å². The van der Waals surface area contributed by atoms with Gasteiger partial charge in [-0.1, -0.05) is 44.4 Å². The van der Waals surface area contributed by atoms with Gasteiger partial charge in [0.05, 0.1) is 0 Å². The van der Waals surface area contributed by atoms with Crippen LogP contribution in [0.15, 0.2) is 24.3 Å². The summed E-state index contributed by atoms with van der Waals surface area (Å²) in [7, 11) is 0. The Bertz CT molecular complexity index is 415. The molecule has 0 saturated heterocycles. The fourth-order valence-electron chi connectivity index (χ4n) is 2.13. The minimum atomic E-state index is 0.158. The maximum absolute atomic E-state index is 11.5. The summed E-state index contributed by atoms with van der Waals surface area (Å²) in [5.74, 6) is 0.158. The summed E-state index contributed by atoms with van der Waals surface area (Å²) in [5.41, 5.74) is 3.25. The summed E-state index contributed by atoms with van der Waals surface area (Å²) in [6.45, 7) is 2.22. The summed E-state index contributed by atoms with van der Waals surface area (Å²) in [4.78, 5) is 11.5. The maximum atomic E-state index is 11.5. The van der Waals surface area contributed by atoms with E-state index in [2.05, 4.69) is 25.1 Å². The summed E-state index contributed by atoms with van der Waals surface area (Å²) in [6.07, 6.45) is 9.76. The Balaban J connectivity index is 1.97. The van der Waals surface area contributed by atoms with Gasteiger partial charge in [-0.15, -0.1) is 0 Å². The van der Waals surface area contributed by atoms with Crippen LogP contribution in [0, 0.1) is 0 Å². The lowest BCUT2D eigenvalue weighted by Gasteiger charge is -2.04. The average molecular weight is 214 g/mol. The second kappa shape index (κ2) is 5.11. The van der Waals surface area contributed by atoms with Crippen LogP contribution in [-0.4, -0.2) is 5.78 Å². The zero-order valence-electron chi connectivity index (χ0n) is 9.83. The molecule has 1 aliphatic rings. The molecule has 1 aromatic carbocycles. The van der Waals surface area contributed by atoms with Crippen molar-refractivity contribution in [3.63, 3.8) is 0 Å². The standard InChI is InChI=1S/C15H18O/c1-2-3-4-5-6-12-7-8-13-9-10-15(16)14(13)11-12/h7-11H,2-6H2,1H3. The Morgan fingerprint density at radius 1 is 1.06 bits per heavy atom. The fraction of sp³-hybridized carbons (Fsp3) is 0.400. The highest BCUT2D eigenvalue weighted by Gasteiger charge is 2.13. The molecule has 0 amide bonds. The van der Waals surface area contributed by atoms with Gasteiger partial charge in [-0.25, -0.2) is 0 Å². The van der Waals surface area contributed by atoms with Gasteiger partial charge in [0.25, 0.3) is 0 Å². The van der Waals surface area contributed by atoms with E-state index in [9.17, 15) is 4.79 Å². The molecule has 0 N–H and O–H groups in total. The predicted octanol–water partition coefficient (Wildman–Crippen LogP) is 4.02. The molecule has 16 heavy (non-hydrogen) atoms. The second-order valence-corrected chi connectivity index (χ2v) is 4.43. The molecule has 1 nitrogen and oxygen atoms in total. The molecule has 1 aliphatic carbocycles. The number of hydrogen-bond acceptors (Lipinski definition) is 1. The van der Waals surface area contributed by atoms with Gasteiger partial charge in [-0.2, -0.15) is 0 Å². The van der Waals surface area contributed by atoms with Gasteiger partial charge in [0, 0.05) is 5.56 Å². The molecule has 0 saturated carbocycles. The molecule has 0 fully saturated rings. The zero-order valence-corrected chi connectivity index (χ0v) is 9.83. The van der Waals surface area contributed by atoms with E-state index in [0.717, 1.165) is 17.5 Å². The van der Waals surface area contributed by atoms with Crippen LogP contribution < -0.4 is 0 Å². The normalized spacial score (nSPS) is 13.2. The third-order valence-corrected chi connectivity index (χ3v) is 3.12. The largest absolute Gasteiger partial charge is 0.289 e. The summed E-state index contributed by atoms with van der Waals surface area (Å²) in [5, 5.41) is 0. The van der Waals surface area contributed by atoms with E-state index < -0.39 is 0 Å². The number of unbranched alkanes of at least 4 members (excludes halogenated alkanes) is 3. The summed E-state index contributed by atoms with van der Waals surface area (Å²) >= 11 is 0. The molecule has 0 atom stereocenters. The lowest BCUT2D eigenvalue weighted by Crippen LogP contribution is -1.94. The Hall–Kier alpha value is -1.37. The molecular formula is C15H18O. The minimum Gasteiger partial charge on any atom is -0.289 e. The fourth-order valence-corrected chi connectivity index (χ4v) is 2.13. The topological polar surface area (TPSA) is 17.1 Å². The Labute approximate surface area is 97.2 Å². The van der Waals surface area contributed by atoms with Crippen LogP contribution in [0.4, 0.5) is 0 Å². The lowest BCUT2D eigenvalue weighted by molar-refractivity contribution is 0.105. The van der Waals surface area contributed by atoms with Crippen molar-refractivity contribution in [3.05, 3.63) is 41.0 Å². The van der Waals surface area contributed by atoms with E-state index in [1.807, 2.05) is 6.08 Å². The van der Waals surface area contributed by atoms with E-state index in [4.69, 9.17) is 0 Å². The van der Waals surface area contributed by atoms with Crippen LogP contribution in [0.1, 0.15) is 54.1 Å². The molecule has 0 aliphatic heterocycles. The molecule has 84 valence electrons. The van der Waals surface area contributed by atoms with Gasteiger partial charge >= 0.3 is 0 Å². The first-order chi connectivity index (χ1) is 7.81. The number of fused-ring (bicyclic) bond motifs is 1. The molecule has 2 rings (SSSR count). The number of carbonyl (C=O) groups is 1. The lowest BCUT2D eigenvalue weighted by atomic mass is 10.0. The van der Waals surface area contributed by atoms with E-state index in [1.165, 1.54) is 31.2 Å². The molecule has 0 spiro atoms. The third-order valence-electron chi connectivity index (χ3n) is 3.12. The monoisotopic (exact) mass is 214 g/mol. The van der Waals surface area contributed by atoms with Crippen molar-refractivity contribution in [2.75, 3.05) is 0 Å². The minimum absolute atomic E-state index is 0.158. The van der Waals surface area contributed by atoms with Crippen molar-refractivity contribution in [2.45, 2.75) is 39.0 Å². The SMILES string of the molecule is CCCCCCc1ccc2c(c1)C(=O)C=C2. The second-order valence-electron chi connectivity index (χ2n) is 4.43. The zero-order chi connectivity index (χ0) is 11.4. The highest BCUT2D eigenvalue weighted by Crippen LogP contribution is 2.21. The number of rotatable bonds is 5. The van der Waals surface area contributed by atoms with E-state index in [0.29, 0.717) is 0 Å². The molecule has 1 aromatic rings. The van der Waals surface area contributed by atoms with Crippen LogP contribution in [0.2, 0.25) is 0 Å². The number of carbonyl (C=O) groups excluding carboxylic acids is 1. The third kappa shape index (κ3) is 2.41. The van der Waals surface area contributed by atoms with Crippen molar-refractivity contribution in [2.24, 2.45) is 0 Å². The van der Waals surface area contributed by atoms with Crippen LogP contribution in [0.5, 0.6) is 0 Å². The van der Waals surface area contributed by atoms with Gasteiger partial charge in [0.2, 0.25) is 0 Å². The summed E-state index contributed by atoms with van der Waals surface area (Å²) < 4.78 is 0. The predicted molar refractivity (Wildman–Crippen MR) is 67.7 cm³/mol. The highest BCUT2D eigenvalue weighted by atomic mass is 16.1. The molecule has 0 radical (unpaired) electrons. The molecule has 1 heteroatoms. The van der Waals surface area contributed by atoms with Crippen molar-refractivity contribution in [3.8, 4) is 0 Å². The van der Waals surface area contributed by atoms with Gasteiger partial charge in [0.1, 0.15) is 0 Å². The van der Waals surface area contributed by atoms with Gasteiger partial charge in [0.15, 0.2) is 5.78 Å². The summed E-state index contributed by atoms with van der Waals surface area (Å²) in [6, 6.07) is 6.27. The smallest absolute Gasteiger partial charge is 0.186 e. The number of benzene rings is 1. The Morgan fingerprint density at radius 2 is 1.94 bits per heavy atom. The molecule has 0 aromatic heterocycles. The number of hydrogen-bond donors (Lipinski definition) is 0.